The Balaban J connectivity index is 2.57. The van der Waals surface area contributed by atoms with Crippen LogP contribution in [0.2, 0.25) is 0 Å². The number of nitriles is 1. The summed E-state index contributed by atoms with van der Waals surface area (Å²) in [6.45, 7) is 2.68. The first-order valence-electron chi connectivity index (χ1n) is 5.24. The number of halogens is 1. The molecule has 17 heavy (non-hydrogen) atoms. The lowest BCUT2D eigenvalue weighted by Crippen LogP contribution is -2.15. The highest BCUT2D eigenvalue weighted by Crippen LogP contribution is 2.15. The molecule has 0 heterocycles. The monoisotopic (exact) mass is 236 g/mol. The number of amides is 1. The average Bonchev–Trinajstić information content (AvgIpc) is 2.32. The highest BCUT2D eigenvalue weighted by Gasteiger charge is 2.07. The third kappa shape index (κ3) is 4.21. The summed E-state index contributed by atoms with van der Waals surface area (Å²) >= 11 is 0. The topological polar surface area (TPSA) is 62.1 Å². The van der Waals surface area contributed by atoms with Gasteiger partial charge in [0, 0.05) is 6.61 Å². The van der Waals surface area contributed by atoms with Crippen LogP contribution >= 0.6 is 0 Å². The molecule has 5 heteroatoms. The van der Waals surface area contributed by atoms with Crippen molar-refractivity contribution in [3.8, 4) is 6.07 Å². The molecule has 0 unspecified atom stereocenters. The number of ether oxygens (including phenoxy) is 1. The Bertz CT molecular complexity index is 441. The first-order valence-corrected chi connectivity index (χ1v) is 5.24. The molecule has 0 saturated heterocycles. The van der Waals surface area contributed by atoms with E-state index in [2.05, 4.69) is 5.32 Å². The number of anilines is 1. The van der Waals surface area contributed by atoms with Gasteiger partial charge in [0.05, 0.1) is 30.3 Å². The van der Waals surface area contributed by atoms with Crippen molar-refractivity contribution in [2.24, 2.45) is 0 Å². The Morgan fingerprint density at radius 2 is 2.35 bits per heavy atom. The molecule has 1 aromatic rings. The Morgan fingerprint density at radius 1 is 1.59 bits per heavy atom. The summed E-state index contributed by atoms with van der Waals surface area (Å²) in [7, 11) is 0. The fourth-order valence-corrected chi connectivity index (χ4v) is 1.21. The molecule has 0 aliphatic carbocycles. The number of carbonyl (C=O) groups is 1. The number of hydrogen-bond acceptors (Lipinski definition) is 3. The highest BCUT2D eigenvalue weighted by atomic mass is 19.1. The van der Waals surface area contributed by atoms with Crippen LogP contribution in [0, 0.1) is 17.1 Å². The molecule has 4 nitrogen and oxygen atoms in total. The van der Waals surface area contributed by atoms with Crippen LogP contribution in [-0.2, 0) is 9.53 Å². The van der Waals surface area contributed by atoms with E-state index >= 15 is 0 Å². The van der Waals surface area contributed by atoms with Crippen molar-refractivity contribution in [2.45, 2.75) is 13.3 Å². The summed E-state index contributed by atoms with van der Waals surface area (Å²) in [5.41, 5.74) is 0.292. The molecule has 0 saturated carbocycles. The maximum Gasteiger partial charge on any atom is 0.226 e. The molecule has 1 rings (SSSR count). The zero-order valence-corrected chi connectivity index (χ0v) is 9.50. The van der Waals surface area contributed by atoms with E-state index in [1.165, 1.54) is 12.1 Å². The van der Waals surface area contributed by atoms with Crippen LogP contribution in [0.25, 0.3) is 0 Å². The lowest BCUT2D eigenvalue weighted by atomic mass is 10.2. The van der Waals surface area contributed by atoms with Crippen LogP contribution in [0.3, 0.4) is 0 Å². The lowest BCUT2D eigenvalue weighted by Gasteiger charge is -2.06. The molecule has 1 N–H and O–H groups in total. The van der Waals surface area contributed by atoms with Crippen molar-refractivity contribution in [1.82, 2.24) is 0 Å². The number of benzene rings is 1. The van der Waals surface area contributed by atoms with Crippen molar-refractivity contribution in [3.63, 3.8) is 0 Å². The van der Waals surface area contributed by atoms with Crippen molar-refractivity contribution in [3.05, 3.63) is 29.6 Å². The molecule has 1 aromatic carbocycles. The molecule has 90 valence electrons. The minimum atomic E-state index is -0.617. The number of nitrogens with one attached hydrogen (secondary N) is 1. The predicted octanol–water partition coefficient (Wildman–Crippen LogP) is 2.06. The zero-order valence-electron chi connectivity index (χ0n) is 9.50. The quantitative estimate of drug-likeness (QED) is 0.796. The van der Waals surface area contributed by atoms with E-state index in [0.717, 1.165) is 6.07 Å². The normalized spacial score (nSPS) is 9.71. The number of nitrogens with zero attached hydrogens (tertiary/aromatic N) is 1. The van der Waals surface area contributed by atoms with Crippen molar-refractivity contribution < 1.29 is 13.9 Å². The highest BCUT2D eigenvalue weighted by molar-refractivity contribution is 5.90. The Kier molecular flexibility index (Phi) is 5.11. The fourth-order valence-electron chi connectivity index (χ4n) is 1.21. The first-order chi connectivity index (χ1) is 8.17. The van der Waals surface area contributed by atoms with E-state index in [-0.39, 0.29) is 23.6 Å². The largest absolute Gasteiger partial charge is 0.381 e. The van der Waals surface area contributed by atoms with Crippen molar-refractivity contribution >= 4 is 11.6 Å². The summed E-state index contributed by atoms with van der Waals surface area (Å²) in [5.74, 6) is -0.934. The summed E-state index contributed by atoms with van der Waals surface area (Å²) < 4.78 is 18.4. The van der Waals surface area contributed by atoms with E-state index in [4.69, 9.17) is 10.00 Å². The van der Waals surface area contributed by atoms with Gasteiger partial charge in [0.2, 0.25) is 5.91 Å². The van der Waals surface area contributed by atoms with Gasteiger partial charge in [0.15, 0.2) is 0 Å². The van der Waals surface area contributed by atoms with Gasteiger partial charge in [-0.1, -0.05) is 0 Å². The van der Waals surface area contributed by atoms with Gasteiger partial charge in [-0.3, -0.25) is 4.79 Å². The molecule has 0 fully saturated rings. The minimum Gasteiger partial charge on any atom is -0.381 e. The molecule has 1 amide bonds. The van der Waals surface area contributed by atoms with Gasteiger partial charge < -0.3 is 10.1 Å². The molecule has 0 atom stereocenters. The fraction of sp³-hybridized carbons (Fsp3) is 0.333. The Morgan fingerprint density at radius 3 is 2.94 bits per heavy atom. The summed E-state index contributed by atoms with van der Waals surface area (Å²) in [6.07, 6.45) is 0.174. The van der Waals surface area contributed by atoms with Gasteiger partial charge in [-0.05, 0) is 25.1 Å². The molecular weight excluding hydrogens is 223 g/mol. The standard InChI is InChI=1S/C12H13FN2O2/c1-2-17-6-5-12(16)15-11-4-3-9(8-14)7-10(11)13/h3-4,7H,2,5-6H2,1H3,(H,15,16). The lowest BCUT2D eigenvalue weighted by molar-refractivity contribution is -0.117. The number of hydrogen-bond donors (Lipinski definition) is 1. The second-order valence-electron chi connectivity index (χ2n) is 3.30. The molecule has 0 aromatic heterocycles. The molecule has 0 aliphatic rings. The van der Waals surface area contributed by atoms with Crippen LogP contribution in [0.4, 0.5) is 10.1 Å². The smallest absolute Gasteiger partial charge is 0.226 e. The van der Waals surface area contributed by atoms with Crippen LogP contribution in [-0.4, -0.2) is 19.1 Å². The second kappa shape index (κ2) is 6.61. The van der Waals surface area contributed by atoms with E-state index < -0.39 is 5.82 Å². The van der Waals surface area contributed by atoms with Crippen LogP contribution in [0.1, 0.15) is 18.9 Å². The first kappa shape index (κ1) is 13.1. The SMILES string of the molecule is CCOCCC(=O)Nc1ccc(C#N)cc1F. The van der Waals surface area contributed by atoms with Gasteiger partial charge in [0.1, 0.15) is 5.82 Å². The van der Waals surface area contributed by atoms with Crippen LogP contribution in [0.15, 0.2) is 18.2 Å². The molecule has 0 aliphatic heterocycles. The summed E-state index contributed by atoms with van der Waals surface area (Å²) in [6, 6.07) is 5.71. The Hall–Kier alpha value is -1.93. The third-order valence-corrected chi connectivity index (χ3v) is 2.05. The van der Waals surface area contributed by atoms with Gasteiger partial charge in [-0.15, -0.1) is 0 Å². The van der Waals surface area contributed by atoms with E-state index in [1.807, 2.05) is 13.0 Å². The number of rotatable bonds is 5. The third-order valence-electron chi connectivity index (χ3n) is 2.05. The average molecular weight is 236 g/mol. The molecule has 0 radical (unpaired) electrons. The van der Waals surface area contributed by atoms with Crippen molar-refractivity contribution in [1.29, 1.82) is 5.26 Å². The maximum atomic E-state index is 13.4. The Labute approximate surface area is 99.0 Å². The second-order valence-corrected chi connectivity index (χ2v) is 3.30. The van der Waals surface area contributed by atoms with Gasteiger partial charge >= 0.3 is 0 Å². The number of carbonyl (C=O) groups excluding carboxylic acids is 1. The van der Waals surface area contributed by atoms with E-state index in [9.17, 15) is 9.18 Å². The van der Waals surface area contributed by atoms with Gasteiger partial charge in [-0.25, -0.2) is 4.39 Å². The molecular formula is C12H13FN2O2. The van der Waals surface area contributed by atoms with Crippen LogP contribution in [0.5, 0.6) is 0 Å². The summed E-state index contributed by atoms with van der Waals surface area (Å²) in [5, 5.41) is 11.0. The molecule has 0 spiro atoms. The van der Waals surface area contributed by atoms with Gasteiger partial charge in [-0.2, -0.15) is 5.26 Å². The molecule has 0 bridgehead atoms. The van der Waals surface area contributed by atoms with Gasteiger partial charge in [0.25, 0.3) is 0 Å². The minimum absolute atomic E-state index is 0.0745. The van der Waals surface area contributed by atoms with E-state index in [1.54, 1.807) is 0 Å². The summed E-state index contributed by atoms with van der Waals surface area (Å²) in [4.78, 5) is 11.4. The predicted molar refractivity (Wildman–Crippen MR) is 60.9 cm³/mol. The van der Waals surface area contributed by atoms with Crippen LogP contribution < -0.4 is 5.32 Å². The maximum absolute atomic E-state index is 13.4. The van der Waals surface area contributed by atoms with Crippen molar-refractivity contribution in [2.75, 3.05) is 18.5 Å². The van der Waals surface area contributed by atoms with E-state index in [0.29, 0.717) is 13.2 Å². The zero-order chi connectivity index (χ0) is 12.7.